The molecule has 0 fully saturated rings. The molecule has 0 saturated carbocycles. The van der Waals surface area contributed by atoms with E-state index in [0.29, 0.717) is 6.20 Å². The summed E-state index contributed by atoms with van der Waals surface area (Å²) in [6, 6.07) is 0. The van der Waals surface area contributed by atoms with E-state index in [-0.39, 0.29) is 5.69 Å². The molecule has 1 rings (SSSR count). The number of carbonyl (C=O) groups is 1. The van der Waals surface area contributed by atoms with E-state index in [1.165, 1.54) is 0 Å². The summed E-state index contributed by atoms with van der Waals surface area (Å²) in [6.07, 6.45) is -2.88. The first-order valence-electron chi connectivity index (χ1n) is 4.55. The molecule has 0 aliphatic carbocycles. The highest BCUT2D eigenvalue weighted by atomic mass is 35.5. The molecule has 9 heteroatoms. The van der Waals surface area contributed by atoms with Gasteiger partial charge in [-0.15, -0.1) is 0 Å². The number of carbonyl (C=O) groups excluding carboxylic acids is 1. The van der Waals surface area contributed by atoms with Gasteiger partial charge in [0, 0.05) is 6.20 Å². The molecule has 0 aliphatic rings. The SMILES string of the molecule is COC(=O)Cc1ncc(C(F)F)c([N+](=O)[O-])c1Cl. The average molecular weight is 281 g/mol. The van der Waals surface area contributed by atoms with Crippen molar-refractivity contribution in [3.05, 3.63) is 32.6 Å². The topological polar surface area (TPSA) is 82.3 Å². The van der Waals surface area contributed by atoms with E-state index in [4.69, 9.17) is 11.6 Å². The van der Waals surface area contributed by atoms with Crippen LogP contribution in [0.5, 0.6) is 0 Å². The van der Waals surface area contributed by atoms with E-state index in [1.54, 1.807) is 0 Å². The van der Waals surface area contributed by atoms with Crippen LogP contribution >= 0.6 is 11.6 Å². The second kappa shape index (κ2) is 5.67. The monoisotopic (exact) mass is 280 g/mol. The lowest BCUT2D eigenvalue weighted by molar-refractivity contribution is -0.386. The molecule has 98 valence electrons. The van der Waals surface area contributed by atoms with Crippen molar-refractivity contribution in [2.45, 2.75) is 12.8 Å². The number of pyridine rings is 1. The zero-order chi connectivity index (χ0) is 13.9. The van der Waals surface area contributed by atoms with Crippen molar-refractivity contribution in [2.24, 2.45) is 0 Å². The van der Waals surface area contributed by atoms with Crippen LogP contribution in [0.3, 0.4) is 0 Å². The van der Waals surface area contributed by atoms with Crippen LogP contribution in [-0.4, -0.2) is 23.0 Å². The van der Waals surface area contributed by atoms with Crippen LogP contribution in [0.2, 0.25) is 5.02 Å². The van der Waals surface area contributed by atoms with E-state index in [0.717, 1.165) is 7.11 Å². The Morgan fingerprint density at radius 1 is 1.67 bits per heavy atom. The van der Waals surface area contributed by atoms with Crippen molar-refractivity contribution in [1.29, 1.82) is 0 Å². The molecular weight excluding hydrogens is 274 g/mol. The summed E-state index contributed by atoms with van der Waals surface area (Å²) in [5.41, 5.74) is -2.01. The lowest BCUT2D eigenvalue weighted by Gasteiger charge is -2.06. The predicted octanol–water partition coefficient (Wildman–Crippen LogP) is 2.30. The quantitative estimate of drug-likeness (QED) is 0.480. The Hall–Kier alpha value is -1.83. The van der Waals surface area contributed by atoms with Gasteiger partial charge in [-0.25, -0.2) is 8.78 Å². The Balaban J connectivity index is 3.30. The smallest absolute Gasteiger partial charge is 0.311 e. The minimum Gasteiger partial charge on any atom is -0.469 e. The largest absolute Gasteiger partial charge is 0.469 e. The van der Waals surface area contributed by atoms with Gasteiger partial charge in [0.1, 0.15) is 10.6 Å². The maximum atomic E-state index is 12.5. The minimum atomic E-state index is -3.08. The van der Waals surface area contributed by atoms with Crippen LogP contribution in [0.1, 0.15) is 17.7 Å². The summed E-state index contributed by atoms with van der Waals surface area (Å²) in [5.74, 6) is -0.733. The first kappa shape index (κ1) is 14.2. The molecule has 0 amide bonds. The van der Waals surface area contributed by atoms with Crippen molar-refractivity contribution >= 4 is 23.3 Å². The summed E-state index contributed by atoms with van der Waals surface area (Å²) in [6.45, 7) is 0. The number of nitro groups is 1. The second-order valence-corrected chi connectivity index (χ2v) is 3.51. The molecule has 0 spiro atoms. The molecule has 0 saturated heterocycles. The van der Waals surface area contributed by atoms with Crippen LogP contribution < -0.4 is 0 Å². The number of methoxy groups -OCH3 is 1. The highest BCUT2D eigenvalue weighted by Gasteiger charge is 2.28. The number of alkyl halides is 2. The van der Waals surface area contributed by atoms with Crippen molar-refractivity contribution in [1.82, 2.24) is 4.98 Å². The molecule has 0 bridgehead atoms. The number of ether oxygens (including phenoxy) is 1. The highest BCUT2D eigenvalue weighted by molar-refractivity contribution is 6.33. The van der Waals surface area contributed by atoms with Gasteiger partial charge in [0.05, 0.1) is 24.1 Å². The van der Waals surface area contributed by atoms with Crippen molar-refractivity contribution in [3.63, 3.8) is 0 Å². The maximum Gasteiger partial charge on any atom is 0.311 e. The first-order valence-corrected chi connectivity index (χ1v) is 4.92. The van der Waals surface area contributed by atoms with E-state index in [2.05, 4.69) is 9.72 Å². The molecule has 0 N–H and O–H groups in total. The third-order valence-electron chi connectivity index (χ3n) is 2.05. The van der Waals surface area contributed by atoms with Gasteiger partial charge in [-0.05, 0) is 0 Å². The highest BCUT2D eigenvalue weighted by Crippen LogP contribution is 2.36. The summed E-state index contributed by atoms with van der Waals surface area (Å²) in [7, 11) is 1.11. The molecule has 6 nitrogen and oxygen atoms in total. The fraction of sp³-hybridized carbons (Fsp3) is 0.333. The fourth-order valence-corrected chi connectivity index (χ4v) is 1.50. The molecule has 1 heterocycles. The Labute approximate surface area is 105 Å². The zero-order valence-corrected chi connectivity index (χ0v) is 9.78. The molecule has 0 radical (unpaired) electrons. The number of hydrogen-bond acceptors (Lipinski definition) is 5. The van der Waals surface area contributed by atoms with Gasteiger partial charge < -0.3 is 4.74 Å². The number of rotatable bonds is 4. The molecule has 1 aromatic heterocycles. The van der Waals surface area contributed by atoms with Gasteiger partial charge in [0.15, 0.2) is 0 Å². The van der Waals surface area contributed by atoms with E-state index >= 15 is 0 Å². The van der Waals surface area contributed by atoms with Crippen molar-refractivity contribution in [2.75, 3.05) is 7.11 Å². The number of esters is 1. The third-order valence-corrected chi connectivity index (χ3v) is 2.45. The lowest BCUT2D eigenvalue weighted by Crippen LogP contribution is -2.09. The van der Waals surface area contributed by atoms with Gasteiger partial charge in [-0.1, -0.05) is 11.6 Å². The molecule has 1 aromatic rings. The van der Waals surface area contributed by atoms with Gasteiger partial charge in [0.2, 0.25) is 0 Å². The fourth-order valence-electron chi connectivity index (χ4n) is 1.21. The molecule has 18 heavy (non-hydrogen) atoms. The van der Waals surface area contributed by atoms with Crippen LogP contribution in [-0.2, 0) is 16.0 Å². The number of halogens is 3. The third kappa shape index (κ3) is 2.89. The maximum absolute atomic E-state index is 12.5. The predicted molar refractivity (Wildman–Crippen MR) is 56.6 cm³/mol. The molecule has 0 atom stereocenters. The van der Waals surface area contributed by atoms with E-state index in [1.807, 2.05) is 0 Å². The van der Waals surface area contributed by atoms with Crippen LogP contribution in [0.15, 0.2) is 6.20 Å². The lowest BCUT2D eigenvalue weighted by atomic mass is 10.2. The van der Waals surface area contributed by atoms with Crippen LogP contribution in [0.4, 0.5) is 14.5 Å². The summed E-state index contributed by atoms with van der Waals surface area (Å²) >= 11 is 5.61. The Kier molecular flexibility index (Phi) is 4.49. The Morgan fingerprint density at radius 3 is 2.72 bits per heavy atom. The minimum absolute atomic E-state index is 0.181. The van der Waals surface area contributed by atoms with E-state index in [9.17, 15) is 23.7 Å². The Bertz CT molecular complexity index is 496. The van der Waals surface area contributed by atoms with Crippen LogP contribution in [0, 0.1) is 10.1 Å². The number of nitrogens with zero attached hydrogens (tertiary/aromatic N) is 2. The van der Waals surface area contributed by atoms with Gasteiger partial charge in [-0.2, -0.15) is 0 Å². The summed E-state index contributed by atoms with van der Waals surface area (Å²) in [4.78, 5) is 24.2. The molecular formula is C9H7ClF2N2O4. The standard InChI is InChI=1S/C9H7ClF2N2O4/c1-18-6(15)2-5-7(10)8(14(16)17)4(3-13-5)9(11)12/h3,9H,2H2,1H3. The van der Waals surface area contributed by atoms with Crippen molar-refractivity contribution < 1.29 is 23.2 Å². The van der Waals surface area contributed by atoms with Crippen LogP contribution in [0.25, 0.3) is 0 Å². The van der Waals surface area contributed by atoms with Gasteiger partial charge >= 0.3 is 5.97 Å². The van der Waals surface area contributed by atoms with E-state index < -0.39 is 40.0 Å². The Morgan fingerprint density at radius 2 is 2.28 bits per heavy atom. The summed E-state index contributed by atoms with van der Waals surface area (Å²) < 4.78 is 29.4. The van der Waals surface area contributed by atoms with Gasteiger partial charge in [0.25, 0.3) is 12.1 Å². The second-order valence-electron chi connectivity index (χ2n) is 3.13. The average Bonchev–Trinajstić information content (AvgIpc) is 2.30. The normalized spacial score (nSPS) is 10.5. The zero-order valence-electron chi connectivity index (χ0n) is 9.02. The molecule has 0 unspecified atom stereocenters. The summed E-state index contributed by atoms with van der Waals surface area (Å²) in [5, 5.41) is 10.1. The number of hydrogen-bond donors (Lipinski definition) is 0. The first-order chi connectivity index (χ1) is 8.38. The van der Waals surface area contributed by atoms with Gasteiger partial charge in [-0.3, -0.25) is 19.9 Å². The van der Waals surface area contributed by atoms with Crippen molar-refractivity contribution in [3.8, 4) is 0 Å². The number of aromatic nitrogens is 1. The molecule has 0 aliphatic heterocycles. The molecule has 0 aromatic carbocycles.